The van der Waals surface area contributed by atoms with E-state index in [4.69, 9.17) is 4.74 Å². The molecule has 9 nitrogen and oxygen atoms in total. The second-order valence-corrected chi connectivity index (χ2v) is 9.91. The highest BCUT2D eigenvalue weighted by Gasteiger charge is 2.39. The second kappa shape index (κ2) is 8.59. The molecule has 0 N–H and O–H groups in total. The van der Waals surface area contributed by atoms with E-state index in [0.717, 1.165) is 37.0 Å². The van der Waals surface area contributed by atoms with Crippen molar-refractivity contribution in [2.24, 2.45) is 0 Å². The van der Waals surface area contributed by atoms with Gasteiger partial charge in [0.25, 0.3) is 5.91 Å². The number of nitrogens with zero attached hydrogens (tertiary/aromatic N) is 2. The zero-order valence-corrected chi connectivity index (χ0v) is 16.6. The number of hydrogen-bond acceptors (Lipinski definition) is 7. The van der Waals surface area contributed by atoms with Gasteiger partial charge in [-0.3, -0.25) is 24.1 Å². The molecule has 0 aromatic carbocycles. The molecule has 3 rings (SSSR count). The number of carbonyl (C=O) groups is 4. The van der Waals surface area contributed by atoms with Gasteiger partial charge in [0.1, 0.15) is 6.54 Å². The second-order valence-electron chi connectivity index (χ2n) is 7.68. The molecule has 28 heavy (non-hydrogen) atoms. The number of esters is 1. The maximum absolute atomic E-state index is 12.8. The van der Waals surface area contributed by atoms with E-state index < -0.39 is 46.7 Å². The van der Waals surface area contributed by atoms with Crippen molar-refractivity contribution >= 4 is 33.5 Å². The maximum atomic E-state index is 12.8. The fraction of sp³-hybridized carbons (Fsp3) is 0.778. The molecule has 3 aliphatic rings. The molecule has 1 saturated carbocycles. The lowest BCUT2D eigenvalue weighted by Gasteiger charge is -2.38. The molecule has 3 fully saturated rings. The molecule has 10 heteroatoms. The maximum Gasteiger partial charge on any atom is 0.326 e. The van der Waals surface area contributed by atoms with Gasteiger partial charge in [0.2, 0.25) is 11.8 Å². The predicted molar refractivity (Wildman–Crippen MR) is 97.7 cm³/mol. The number of hydrogen-bond donors (Lipinski definition) is 0. The highest BCUT2D eigenvalue weighted by molar-refractivity contribution is 7.91. The van der Waals surface area contributed by atoms with Crippen molar-refractivity contribution in [3.05, 3.63) is 0 Å². The minimum atomic E-state index is -3.16. The smallest absolute Gasteiger partial charge is 0.326 e. The number of amides is 3. The molecule has 156 valence electrons. The number of ether oxygens (including phenoxy) is 1. The third-order valence-electron chi connectivity index (χ3n) is 5.66. The Kier molecular flexibility index (Phi) is 6.36. The van der Waals surface area contributed by atoms with E-state index in [-0.39, 0.29) is 36.4 Å². The van der Waals surface area contributed by atoms with E-state index >= 15 is 0 Å². The van der Waals surface area contributed by atoms with Gasteiger partial charge in [-0.15, -0.1) is 0 Å². The van der Waals surface area contributed by atoms with Gasteiger partial charge in [0.05, 0.1) is 11.5 Å². The first kappa shape index (κ1) is 20.8. The molecular weight excluding hydrogens is 388 g/mol. The van der Waals surface area contributed by atoms with Crippen molar-refractivity contribution < 1.29 is 32.3 Å². The summed E-state index contributed by atoms with van der Waals surface area (Å²) in [6.07, 6.45) is 5.23. The molecule has 1 aliphatic carbocycles. The first-order chi connectivity index (χ1) is 13.3. The molecular formula is C18H26N2O7S. The first-order valence-corrected chi connectivity index (χ1v) is 11.6. The van der Waals surface area contributed by atoms with Crippen LogP contribution in [-0.4, -0.2) is 78.6 Å². The molecule has 3 amide bonds. The Balaban J connectivity index is 1.60. The van der Waals surface area contributed by atoms with Crippen LogP contribution in [0.4, 0.5) is 0 Å². The lowest BCUT2D eigenvalue weighted by Crippen LogP contribution is -2.50. The first-order valence-electron chi connectivity index (χ1n) is 9.77. The van der Waals surface area contributed by atoms with E-state index in [0.29, 0.717) is 6.42 Å². The Morgan fingerprint density at radius 1 is 1.00 bits per heavy atom. The van der Waals surface area contributed by atoms with Crippen LogP contribution in [0.1, 0.15) is 51.4 Å². The van der Waals surface area contributed by atoms with Crippen LogP contribution in [0, 0.1) is 0 Å². The van der Waals surface area contributed by atoms with Gasteiger partial charge in [-0.2, -0.15) is 0 Å². The molecule has 0 spiro atoms. The highest BCUT2D eigenvalue weighted by Crippen LogP contribution is 2.28. The van der Waals surface area contributed by atoms with Gasteiger partial charge in [-0.25, -0.2) is 8.42 Å². The van der Waals surface area contributed by atoms with E-state index in [9.17, 15) is 27.6 Å². The molecule has 2 aliphatic heterocycles. The monoisotopic (exact) mass is 414 g/mol. The van der Waals surface area contributed by atoms with Gasteiger partial charge < -0.3 is 9.64 Å². The van der Waals surface area contributed by atoms with Crippen LogP contribution < -0.4 is 0 Å². The Labute approximate surface area is 164 Å². The number of carbonyl (C=O) groups excluding carboxylic acids is 4. The number of sulfone groups is 1. The van der Waals surface area contributed by atoms with Gasteiger partial charge in [0, 0.05) is 24.9 Å². The Hall–Kier alpha value is -1.97. The third kappa shape index (κ3) is 4.89. The van der Waals surface area contributed by atoms with Gasteiger partial charge in [0.15, 0.2) is 16.4 Å². The topological polar surface area (TPSA) is 118 Å². The summed E-state index contributed by atoms with van der Waals surface area (Å²) in [5.41, 5.74) is 0. The fourth-order valence-electron chi connectivity index (χ4n) is 4.25. The van der Waals surface area contributed by atoms with Crippen LogP contribution in [-0.2, 0) is 33.8 Å². The van der Waals surface area contributed by atoms with Crippen LogP contribution in [0.3, 0.4) is 0 Å². The van der Waals surface area contributed by atoms with Crippen molar-refractivity contribution in [3.8, 4) is 0 Å². The van der Waals surface area contributed by atoms with E-state index in [1.165, 1.54) is 0 Å². The van der Waals surface area contributed by atoms with E-state index in [2.05, 4.69) is 0 Å². The molecule has 0 aromatic heterocycles. The minimum absolute atomic E-state index is 0.0417. The van der Waals surface area contributed by atoms with Crippen LogP contribution >= 0.6 is 0 Å². The average molecular weight is 414 g/mol. The zero-order valence-electron chi connectivity index (χ0n) is 15.8. The lowest BCUT2D eigenvalue weighted by atomic mass is 9.93. The summed E-state index contributed by atoms with van der Waals surface area (Å²) < 4.78 is 28.8. The normalized spacial score (nSPS) is 25.1. The Bertz CT molecular complexity index is 742. The number of rotatable bonds is 6. The van der Waals surface area contributed by atoms with Crippen molar-refractivity contribution in [1.82, 2.24) is 9.80 Å². The summed E-state index contributed by atoms with van der Waals surface area (Å²) in [5.74, 6) is -2.07. The highest BCUT2D eigenvalue weighted by atomic mass is 32.2. The van der Waals surface area contributed by atoms with Crippen molar-refractivity contribution in [2.45, 2.75) is 63.5 Å². The molecule has 2 saturated heterocycles. The van der Waals surface area contributed by atoms with Crippen LogP contribution in [0.15, 0.2) is 0 Å². The van der Waals surface area contributed by atoms with E-state index in [1.807, 2.05) is 0 Å². The van der Waals surface area contributed by atoms with E-state index in [1.54, 1.807) is 4.90 Å². The summed E-state index contributed by atoms with van der Waals surface area (Å²) >= 11 is 0. The average Bonchev–Trinajstić information content (AvgIpc) is 3.17. The summed E-state index contributed by atoms with van der Waals surface area (Å²) in [6.45, 7) is -1.01. The van der Waals surface area contributed by atoms with Crippen LogP contribution in [0.25, 0.3) is 0 Å². The Morgan fingerprint density at radius 3 is 2.21 bits per heavy atom. The molecule has 2 heterocycles. The van der Waals surface area contributed by atoms with Crippen LogP contribution in [0.2, 0.25) is 0 Å². The van der Waals surface area contributed by atoms with Crippen molar-refractivity contribution in [1.29, 1.82) is 0 Å². The standard InChI is InChI=1S/C18H26N2O7S/c21-15-6-7-16(22)19(15)10-18(24)27-11-17(23)20(13-4-2-1-3-5-13)14-8-9-28(25,26)12-14/h13-14H,1-12H2. The third-order valence-corrected chi connectivity index (χ3v) is 7.41. The fourth-order valence-corrected chi connectivity index (χ4v) is 5.96. The lowest BCUT2D eigenvalue weighted by molar-refractivity contribution is -0.157. The summed E-state index contributed by atoms with van der Waals surface area (Å²) in [5, 5.41) is 0. The van der Waals surface area contributed by atoms with Gasteiger partial charge in [-0.05, 0) is 19.3 Å². The van der Waals surface area contributed by atoms with Gasteiger partial charge in [-0.1, -0.05) is 19.3 Å². The molecule has 1 atom stereocenters. The molecule has 0 aromatic rings. The Morgan fingerprint density at radius 2 is 1.64 bits per heavy atom. The molecule has 0 radical (unpaired) electrons. The van der Waals surface area contributed by atoms with Gasteiger partial charge >= 0.3 is 5.97 Å². The van der Waals surface area contributed by atoms with Crippen molar-refractivity contribution in [3.63, 3.8) is 0 Å². The quantitative estimate of drug-likeness (QED) is 0.444. The SMILES string of the molecule is O=C(CN1C(=O)CCC1=O)OCC(=O)N(C1CCCCC1)C1CCS(=O)(=O)C1. The largest absolute Gasteiger partial charge is 0.454 e. The van der Waals surface area contributed by atoms with Crippen LogP contribution in [0.5, 0.6) is 0 Å². The molecule has 0 bridgehead atoms. The predicted octanol–water partition coefficient (Wildman–Crippen LogP) is 0.0270. The van der Waals surface area contributed by atoms with Crippen molar-refractivity contribution in [2.75, 3.05) is 24.7 Å². The zero-order chi connectivity index (χ0) is 20.3. The summed E-state index contributed by atoms with van der Waals surface area (Å²) in [6, 6.07) is -0.430. The summed E-state index contributed by atoms with van der Waals surface area (Å²) in [7, 11) is -3.16. The summed E-state index contributed by atoms with van der Waals surface area (Å²) in [4.78, 5) is 50.4. The molecule has 1 unspecified atom stereocenters. The number of imide groups is 1. The minimum Gasteiger partial charge on any atom is -0.454 e. The number of likely N-dealkylation sites (tertiary alicyclic amines) is 1.